The van der Waals surface area contributed by atoms with E-state index in [1.54, 1.807) is 18.2 Å². The summed E-state index contributed by atoms with van der Waals surface area (Å²) in [5, 5.41) is 14.0. The molecular weight excluding hydrogens is 442 g/mol. The minimum absolute atomic E-state index is 0.0270. The highest BCUT2D eigenvalue weighted by molar-refractivity contribution is 7.92. The summed E-state index contributed by atoms with van der Waals surface area (Å²) < 4.78 is 27.8. The quantitative estimate of drug-likeness (QED) is 0.419. The number of fused-ring (bicyclic) bond motifs is 1. The molecule has 0 fully saturated rings. The summed E-state index contributed by atoms with van der Waals surface area (Å²) in [6.07, 6.45) is 2.64. The largest absolute Gasteiger partial charge is 0.348 e. The number of non-ortho nitro benzene ring substituents is 1. The fraction of sp³-hybridized carbons (Fsp3) is 0.208. The van der Waals surface area contributed by atoms with Gasteiger partial charge in [0.05, 0.1) is 21.5 Å². The Balaban J connectivity index is 1.63. The van der Waals surface area contributed by atoms with E-state index >= 15 is 0 Å². The third kappa shape index (κ3) is 4.88. The van der Waals surface area contributed by atoms with E-state index in [9.17, 15) is 23.3 Å². The molecule has 0 saturated carbocycles. The summed E-state index contributed by atoms with van der Waals surface area (Å²) in [7, 11) is -4.08. The van der Waals surface area contributed by atoms with Gasteiger partial charge in [-0.25, -0.2) is 8.42 Å². The molecule has 8 nitrogen and oxygen atoms in total. The molecule has 0 bridgehead atoms. The Kier molecular flexibility index (Phi) is 6.41. The van der Waals surface area contributed by atoms with Crippen LogP contribution in [0.1, 0.15) is 30.0 Å². The number of rotatable bonds is 7. The summed E-state index contributed by atoms with van der Waals surface area (Å²) in [6.45, 7) is -0.451. The van der Waals surface area contributed by atoms with Crippen molar-refractivity contribution in [3.63, 3.8) is 0 Å². The van der Waals surface area contributed by atoms with E-state index < -0.39 is 27.4 Å². The maximum absolute atomic E-state index is 13.4. The van der Waals surface area contributed by atoms with Crippen LogP contribution in [0.5, 0.6) is 0 Å². The number of nitro groups is 1. The summed E-state index contributed by atoms with van der Waals surface area (Å²) in [6, 6.07) is 20.6. The number of carbonyl (C=O) groups excluding carboxylic acids is 1. The first kappa shape index (κ1) is 22.5. The van der Waals surface area contributed by atoms with E-state index in [4.69, 9.17) is 0 Å². The summed E-state index contributed by atoms with van der Waals surface area (Å²) in [5.41, 5.74) is 2.23. The lowest BCUT2D eigenvalue weighted by Gasteiger charge is -2.28. The Morgan fingerprint density at radius 1 is 1.00 bits per heavy atom. The van der Waals surface area contributed by atoms with Gasteiger partial charge in [0.25, 0.3) is 15.7 Å². The number of nitrogens with zero attached hydrogens (tertiary/aromatic N) is 2. The van der Waals surface area contributed by atoms with Gasteiger partial charge in [0.15, 0.2) is 0 Å². The highest BCUT2D eigenvalue weighted by Crippen LogP contribution is 2.30. The zero-order valence-corrected chi connectivity index (χ0v) is 18.6. The highest BCUT2D eigenvalue weighted by Gasteiger charge is 2.29. The highest BCUT2D eigenvalue weighted by atomic mass is 32.2. The zero-order valence-electron chi connectivity index (χ0n) is 17.8. The number of nitrogens with one attached hydrogen (secondary N) is 1. The molecule has 3 aromatic carbocycles. The maximum atomic E-state index is 13.4. The van der Waals surface area contributed by atoms with Crippen molar-refractivity contribution in [3.05, 3.63) is 100 Å². The van der Waals surface area contributed by atoms with E-state index in [0.29, 0.717) is 0 Å². The van der Waals surface area contributed by atoms with Crippen LogP contribution in [0.4, 0.5) is 11.4 Å². The minimum atomic E-state index is -4.08. The van der Waals surface area contributed by atoms with Crippen LogP contribution in [0.25, 0.3) is 0 Å². The molecule has 0 aliphatic heterocycles. The molecule has 4 rings (SSSR count). The Labute approximate surface area is 192 Å². The van der Waals surface area contributed by atoms with Crippen molar-refractivity contribution in [2.24, 2.45) is 0 Å². The molecule has 0 heterocycles. The van der Waals surface area contributed by atoms with Crippen LogP contribution in [-0.4, -0.2) is 25.8 Å². The number of hydrogen-bond donors (Lipinski definition) is 1. The van der Waals surface area contributed by atoms with Gasteiger partial charge in [-0.2, -0.15) is 0 Å². The van der Waals surface area contributed by atoms with Gasteiger partial charge in [-0.15, -0.1) is 0 Å². The van der Waals surface area contributed by atoms with Crippen LogP contribution in [-0.2, 0) is 21.2 Å². The summed E-state index contributed by atoms with van der Waals surface area (Å²) >= 11 is 0. The van der Waals surface area contributed by atoms with Crippen molar-refractivity contribution in [1.82, 2.24) is 5.32 Å². The van der Waals surface area contributed by atoms with E-state index in [1.165, 1.54) is 42.0 Å². The topological polar surface area (TPSA) is 110 Å². The Hall–Kier alpha value is -3.72. The van der Waals surface area contributed by atoms with Crippen LogP contribution < -0.4 is 9.62 Å². The molecule has 1 aliphatic rings. The van der Waals surface area contributed by atoms with Crippen molar-refractivity contribution in [2.45, 2.75) is 30.2 Å². The van der Waals surface area contributed by atoms with Gasteiger partial charge in [-0.1, -0.05) is 42.5 Å². The van der Waals surface area contributed by atoms with Crippen molar-refractivity contribution in [1.29, 1.82) is 0 Å². The molecule has 170 valence electrons. The van der Waals surface area contributed by atoms with Gasteiger partial charge in [-0.3, -0.25) is 19.2 Å². The van der Waals surface area contributed by atoms with Crippen LogP contribution in [0.15, 0.2) is 83.8 Å². The third-order valence-electron chi connectivity index (χ3n) is 5.67. The molecule has 1 N–H and O–H groups in total. The first-order valence-electron chi connectivity index (χ1n) is 10.6. The Morgan fingerprint density at radius 3 is 2.36 bits per heavy atom. The first-order valence-corrected chi connectivity index (χ1v) is 12.0. The number of hydrogen-bond acceptors (Lipinski definition) is 5. The molecule has 0 unspecified atom stereocenters. The summed E-state index contributed by atoms with van der Waals surface area (Å²) in [4.78, 5) is 23.5. The second-order valence-electron chi connectivity index (χ2n) is 7.81. The molecule has 33 heavy (non-hydrogen) atoms. The van der Waals surface area contributed by atoms with Gasteiger partial charge in [0.1, 0.15) is 6.54 Å². The number of aryl methyl sites for hydroxylation is 1. The minimum Gasteiger partial charge on any atom is -0.348 e. The molecule has 1 atom stereocenters. The van der Waals surface area contributed by atoms with Crippen LogP contribution in [0, 0.1) is 10.1 Å². The number of anilines is 1. The van der Waals surface area contributed by atoms with E-state index in [2.05, 4.69) is 5.32 Å². The van der Waals surface area contributed by atoms with Gasteiger partial charge < -0.3 is 5.32 Å². The van der Waals surface area contributed by atoms with Gasteiger partial charge in [-0.05, 0) is 54.7 Å². The molecule has 0 aromatic heterocycles. The van der Waals surface area contributed by atoms with E-state index in [-0.39, 0.29) is 22.3 Å². The second kappa shape index (κ2) is 9.41. The number of carbonyl (C=O) groups is 1. The monoisotopic (exact) mass is 465 g/mol. The average Bonchev–Trinajstić information content (AvgIpc) is 2.83. The number of benzene rings is 3. The molecule has 0 radical (unpaired) electrons. The predicted octanol–water partition coefficient (Wildman–Crippen LogP) is 3.98. The molecule has 0 spiro atoms. The first-order chi connectivity index (χ1) is 15.9. The van der Waals surface area contributed by atoms with Crippen molar-refractivity contribution in [2.75, 3.05) is 10.8 Å². The van der Waals surface area contributed by atoms with Crippen LogP contribution in [0.3, 0.4) is 0 Å². The number of sulfonamides is 1. The smallest absolute Gasteiger partial charge is 0.269 e. The lowest BCUT2D eigenvalue weighted by molar-refractivity contribution is -0.384. The standard InChI is InChI=1S/C24H23N3O5S/c28-24(25-23-12-6-8-18-7-4-5-11-22(18)23)17-26(19-13-15-20(16-14-19)27(29)30)33(31,32)21-9-2-1-3-10-21/h1-5,7,9-11,13-16,23H,6,8,12,17H2,(H,25,28)/t23-/m0/s1. The lowest BCUT2D eigenvalue weighted by atomic mass is 9.88. The van der Waals surface area contributed by atoms with Crippen molar-refractivity contribution in [3.8, 4) is 0 Å². The molecule has 1 aliphatic carbocycles. The second-order valence-corrected chi connectivity index (χ2v) is 9.67. The van der Waals surface area contributed by atoms with Crippen LogP contribution in [0.2, 0.25) is 0 Å². The molecule has 9 heteroatoms. The predicted molar refractivity (Wildman–Crippen MR) is 124 cm³/mol. The molecule has 0 saturated heterocycles. The normalized spacial score (nSPS) is 15.3. The van der Waals surface area contributed by atoms with Gasteiger partial charge in [0.2, 0.25) is 5.91 Å². The maximum Gasteiger partial charge on any atom is 0.269 e. The van der Waals surface area contributed by atoms with Crippen molar-refractivity contribution >= 4 is 27.3 Å². The molecular formula is C24H23N3O5S. The Morgan fingerprint density at radius 2 is 1.67 bits per heavy atom. The zero-order chi connectivity index (χ0) is 23.4. The van der Waals surface area contributed by atoms with E-state index in [0.717, 1.165) is 29.1 Å². The molecule has 3 aromatic rings. The SMILES string of the molecule is O=C(CN(c1ccc([N+](=O)[O-])cc1)S(=O)(=O)c1ccccc1)N[C@H]1CCCc2ccccc21. The average molecular weight is 466 g/mol. The third-order valence-corrected chi connectivity index (χ3v) is 7.46. The van der Waals surface area contributed by atoms with Crippen molar-refractivity contribution < 1.29 is 18.1 Å². The van der Waals surface area contributed by atoms with Gasteiger partial charge >= 0.3 is 0 Å². The van der Waals surface area contributed by atoms with E-state index in [1.807, 2.05) is 24.3 Å². The fourth-order valence-electron chi connectivity index (χ4n) is 4.05. The number of nitro benzene ring substituents is 1. The fourth-order valence-corrected chi connectivity index (χ4v) is 5.49. The Bertz CT molecular complexity index is 1260. The summed E-state index contributed by atoms with van der Waals surface area (Å²) in [5.74, 6) is -0.449. The number of amides is 1. The lowest BCUT2D eigenvalue weighted by Crippen LogP contribution is -2.42. The van der Waals surface area contributed by atoms with Crippen LogP contribution >= 0.6 is 0 Å². The molecule has 1 amide bonds. The van der Waals surface area contributed by atoms with Gasteiger partial charge in [0, 0.05) is 12.1 Å².